The number of ether oxygens (including phenoxy) is 1. The van der Waals surface area contributed by atoms with Gasteiger partial charge in [0.15, 0.2) is 5.82 Å². The summed E-state index contributed by atoms with van der Waals surface area (Å²) in [5.41, 5.74) is 2.85. The van der Waals surface area contributed by atoms with Crippen molar-refractivity contribution in [3.05, 3.63) is 53.3 Å². The van der Waals surface area contributed by atoms with E-state index in [2.05, 4.69) is 25.4 Å². The van der Waals surface area contributed by atoms with E-state index < -0.39 is 12.5 Å². The van der Waals surface area contributed by atoms with Crippen LogP contribution in [0.2, 0.25) is 0 Å². The van der Waals surface area contributed by atoms with Crippen molar-refractivity contribution in [3.63, 3.8) is 0 Å². The molecule has 31 heavy (non-hydrogen) atoms. The third-order valence-corrected chi connectivity index (χ3v) is 5.51. The summed E-state index contributed by atoms with van der Waals surface area (Å²) in [6.07, 6.45) is 1.83. The number of pyridine rings is 1. The minimum Gasteiger partial charge on any atom is -0.390 e. The van der Waals surface area contributed by atoms with Crippen LogP contribution in [0.25, 0.3) is 10.9 Å². The average molecular weight is 429 g/mol. The number of aliphatic hydroxyl groups excluding tert-OH is 1. The van der Waals surface area contributed by atoms with Crippen LogP contribution in [-0.4, -0.2) is 53.2 Å². The minimum absolute atomic E-state index is 0.225. The lowest BCUT2D eigenvalue weighted by molar-refractivity contribution is -0.0556. The molecule has 1 fully saturated rings. The summed E-state index contributed by atoms with van der Waals surface area (Å²) in [6, 6.07) is 7.74. The van der Waals surface area contributed by atoms with E-state index in [0.29, 0.717) is 30.3 Å². The molecule has 1 unspecified atom stereocenters. The Balaban J connectivity index is 1.66. The highest BCUT2D eigenvalue weighted by molar-refractivity contribution is 5.92. The normalized spacial score (nSPS) is 15.8. The first-order chi connectivity index (χ1) is 14.9. The van der Waals surface area contributed by atoms with Crippen LogP contribution in [0.15, 0.2) is 36.5 Å². The molecule has 1 saturated heterocycles. The van der Waals surface area contributed by atoms with Gasteiger partial charge in [-0.1, -0.05) is 18.2 Å². The summed E-state index contributed by atoms with van der Waals surface area (Å²) in [7, 11) is 0. The predicted molar refractivity (Wildman–Crippen MR) is 115 cm³/mol. The molecule has 1 aromatic carbocycles. The molecule has 1 atom stereocenters. The molecule has 2 aromatic heterocycles. The van der Waals surface area contributed by atoms with Crippen LogP contribution in [0.4, 0.5) is 20.3 Å². The third-order valence-electron chi connectivity index (χ3n) is 5.51. The second-order valence-corrected chi connectivity index (χ2v) is 7.68. The van der Waals surface area contributed by atoms with Crippen molar-refractivity contribution in [2.24, 2.45) is 0 Å². The van der Waals surface area contributed by atoms with Crippen LogP contribution in [0.3, 0.4) is 0 Å². The Morgan fingerprint density at radius 1 is 1.23 bits per heavy atom. The summed E-state index contributed by atoms with van der Waals surface area (Å²) in [6.45, 7) is 5.40. The second kappa shape index (κ2) is 8.68. The maximum Gasteiger partial charge on any atom is 0.295 e. The average Bonchev–Trinajstić information content (AvgIpc) is 2.81. The highest BCUT2D eigenvalue weighted by Crippen LogP contribution is 2.31. The number of halogens is 2. The van der Waals surface area contributed by atoms with Crippen LogP contribution in [0, 0.1) is 6.92 Å². The molecule has 7 nitrogen and oxygen atoms in total. The number of nitrogens with one attached hydrogen (secondary N) is 1. The quantitative estimate of drug-likeness (QED) is 0.621. The molecule has 0 bridgehead atoms. The van der Waals surface area contributed by atoms with Gasteiger partial charge in [0, 0.05) is 24.0 Å². The van der Waals surface area contributed by atoms with Gasteiger partial charge in [0.1, 0.15) is 6.61 Å². The van der Waals surface area contributed by atoms with Crippen molar-refractivity contribution in [1.29, 1.82) is 0 Å². The molecule has 2 N–H and O–H groups in total. The molecule has 1 aliphatic rings. The maximum absolute atomic E-state index is 13.9. The Kier molecular flexibility index (Phi) is 5.97. The molecule has 3 heterocycles. The molecule has 0 spiro atoms. The number of hydrogen-bond acceptors (Lipinski definition) is 7. The number of aliphatic hydroxyl groups is 1. The van der Waals surface area contributed by atoms with E-state index in [-0.39, 0.29) is 11.6 Å². The molecular weight excluding hydrogens is 404 g/mol. The van der Waals surface area contributed by atoms with E-state index in [9.17, 15) is 8.78 Å². The molecule has 9 heteroatoms. The number of rotatable bonds is 6. The van der Waals surface area contributed by atoms with E-state index in [1.807, 2.05) is 26.1 Å². The molecule has 0 amide bonds. The van der Waals surface area contributed by atoms with E-state index in [1.165, 1.54) is 12.1 Å². The molecule has 1 aliphatic heterocycles. The number of anilines is 2. The van der Waals surface area contributed by atoms with Crippen molar-refractivity contribution >= 4 is 22.4 Å². The van der Waals surface area contributed by atoms with Crippen LogP contribution >= 0.6 is 0 Å². The fourth-order valence-corrected chi connectivity index (χ4v) is 3.67. The lowest BCUT2D eigenvalue weighted by Crippen LogP contribution is -2.36. The van der Waals surface area contributed by atoms with Gasteiger partial charge in [-0.2, -0.15) is 13.9 Å². The van der Waals surface area contributed by atoms with Gasteiger partial charge < -0.3 is 20.1 Å². The van der Waals surface area contributed by atoms with Gasteiger partial charge in [0.2, 0.25) is 0 Å². The van der Waals surface area contributed by atoms with Crippen molar-refractivity contribution in [2.75, 3.05) is 43.1 Å². The van der Waals surface area contributed by atoms with Crippen molar-refractivity contribution < 1.29 is 18.6 Å². The lowest BCUT2D eigenvalue weighted by atomic mass is 10.0. The van der Waals surface area contributed by atoms with Gasteiger partial charge in [-0.15, -0.1) is 5.10 Å². The topological polar surface area (TPSA) is 83.4 Å². The zero-order valence-electron chi connectivity index (χ0n) is 17.5. The van der Waals surface area contributed by atoms with Gasteiger partial charge in [0.25, 0.3) is 5.92 Å². The number of alkyl halides is 2. The van der Waals surface area contributed by atoms with Gasteiger partial charge >= 0.3 is 0 Å². The zero-order valence-corrected chi connectivity index (χ0v) is 17.5. The molecular formula is C22H25F2N5O2. The summed E-state index contributed by atoms with van der Waals surface area (Å²) < 4.78 is 33.3. The summed E-state index contributed by atoms with van der Waals surface area (Å²) in [4.78, 5) is 6.81. The number of fused-ring (bicyclic) bond motifs is 1. The Hall–Kier alpha value is -2.91. The molecule has 0 radical (unpaired) electrons. The minimum atomic E-state index is -3.29. The number of aryl methyl sites for hydroxylation is 1. The Labute approximate surface area is 179 Å². The summed E-state index contributed by atoms with van der Waals surface area (Å²) in [5, 5.41) is 21.6. The van der Waals surface area contributed by atoms with Crippen molar-refractivity contribution in [2.45, 2.75) is 25.8 Å². The van der Waals surface area contributed by atoms with Gasteiger partial charge in [-0.05, 0) is 31.5 Å². The Bertz CT molecular complexity index is 1070. The molecule has 4 rings (SSSR count). The number of nitrogens with zero attached hydrogens (tertiary/aromatic N) is 4. The standard InChI is InChI=1S/C22H25F2N5O2/c1-14(16-4-3-5-17(10-16)22(23,24)13-30)26-21-19-11-18(29-6-8-31-9-7-29)12-25-20(19)15(2)27-28-21/h3-5,10-12,14,30H,6-9,13H2,1-2H3,(H,26,28). The second-order valence-electron chi connectivity index (χ2n) is 7.68. The van der Waals surface area contributed by atoms with Gasteiger partial charge in [0.05, 0.1) is 42.4 Å². The van der Waals surface area contributed by atoms with Crippen LogP contribution < -0.4 is 10.2 Å². The van der Waals surface area contributed by atoms with Crippen molar-refractivity contribution in [1.82, 2.24) is 15.2 Å². The van der Waals surface area contributed by atoms with Crippen LogP contribution in [-0.2, 0) is 10.7 Å². The van der Waals surface area contributed by atoms with E-state index in [4.69, 9.17) is 9.84 Å². The fraction of sp³-hybridized carbons (Fsp3) is 0.409. The zero-order chi connectivity index (χ0) is 22.0. The highest BCUT2D eigenvalue weighted by Gasteiger charge is 2.30. The predicted octanol–water partition coefficient (Wildman–Crippen LogP) is 3.43. The fourth-order valence-electron chi connectivity index (χ4n) is 3.67. The van der Waals surface area contributed by atoms with E-state index in [0.717, 1.165) is 29.7 Å². The van der Waals surface area contributed by atoms with Gasteiger partial charge in [-0.25, -0.2) is 0 Å². The van der Waals surface area contributed by atoms with E-state index in [1.54, 1.807) is 12.1 Å². The molecule has 164 valence electrons. The number of morpholine rings is 1. The first-order valence-corrected chi connectivity index (χ1v) is 10.2. The Morgan fingerprint density at radius 2 is 2.00 bits per heavy atom. The number of aromatic nitrogens is 3. The summed E-state index contributed by atoms with van der Waals surface area (Å²) >= 11 is 0. The monoisotopic (exact) mass is 429 g/mol. The molecule has 0 saturated carbocycles. The van der Waals surface area contributed by atoms with Crippen molar-refractivity contribution in [3.8, 4) is 0 Å². The van der Waals surface area contributed by atoms with E-state index >= 15 is 0 Å². The summed E-state index contributed by atoms with van der Waals surface area (Å²) in [5.74, 6) is -2.75. The smallest absolute Gasteiger partial charge is 0.295 e. The number of hydrogen-bond donors (Lipinski definition) is 2. The first-order valence-electron chi connectivity index (χ1n) is 10.2. The maximum atomic E-state index is 13.9. The largest absolute Gasteiger partial charge is 0.390 e. The van der Waals surface area contributed by atoms with Crippen LogP contribution in [0.1, 0.15) is 29.8 Å². The third kappa shape index (κ3) is 4.42. The molecule has 0 aliphatic carbocycles. The first kappa shape index (κ1) is 21.3. The molecule has 3 aromatic rings. The lowest BCUT2D eigenvalue weighted by Gasteiger charge is -2.28. The Morgan fingerprint density at radius 3 is 2.74 bits per heavy atom. The SMILES string of the molecule is Cc1nnc(NC(C)c2cccc(C(F)(F)CO)c2)c2cc(N3CCOCC3)cnc12. The van der Waals surface area contributed by atoms with Crippen LogP contribution in [0.5, 0.6) is 0 Å². The number of benzene rings is 1. The highest BCUT2D eigenvalue weighted by atomic mass is 19.3. The van der Waals surface area contributed by atoms with Gasteiger partial charge in [-0.3, -0.25) is 4.98 Å².